The molecule has 0 atom stereocenters. The lowest BCUT2D eigenvalue weighted by Crippen LogP contribution is -2.02. The average molecular weight is 382 g/mol. The van der Waals surface area contributed by atoms with E-state index in [2.05, 4.69) is 25.9 Å². The van der Waals surface area contributed by atoms with E-state index in [-0.39, 0.29) is 22.8 Å². The second-order valence-corrected chi connectivity index (χ2v) is 6.28. The molecule has 0 N–H and O–H groups in total. The molecule has 2 aromatic rings. The van der Waals surface area contributed by atoms with Gasteiger partial charge in [-0.25, -0.2) is 14.4 Å². The van der Waals surface area contributed by atoms with Crippen LogP contribution in [0.2, 0.25) is 0 Å². The number of rotatable bonds is 6. The SMILES string of the molecule is O=[N+]([O-])c1cc(Br)cnc1-c1cc(OCCC2CC2)ncc1F. The molecule has 120 valence electrons. The fourth-order valence-electron chi connectivity index (χ4n) is 2.19. The van der Waals surface area contributed by atoms with E-state index in [1.165, 1.54) is 31.2 Å². The Hall–Kier alpha value is -2.09. The molecule has 23 heavy (non-hydrogen) atoms. The number of halogens is 2. The monoisotopic (exact) mass is 381 g/mol. The van der Waals surface area contributed by atoms with E-state index in [0.29, 0.717) is 17.0 Å². The molecule has 2 heterocycles. The Balaban J connectivity index is 1.90. The number of nitro groups is 1. The standard InChI is InChI=1S/C15H13BrFN3O3/c16-10-5-13(20(21)22)15(19-7-10)11-6-14(18-8-12(11)17)23-4-3-9-1-2-9/h5-9H,1-4H2. The topological polar surface area (TPSA) is 78.2 Å². The van der Waals surface area contributed by atoms with Crippen molar-refractivity contribution in [2.75, 3.05) is 6.61 Å². The molecule has 0 bridgehead atoms. The molecule has 1 fully saturated rings. The molecule has 3 rings (SSSR count). The Morgan fingerprint density at radius 3 is 2.83 bits per heavy atom. The molecule has 1 aliphatic rings. The first-order valence-corrected chi connectivity index (χ1v) is 7.92. The van der Waals surface area contributed by atoms with E-state index in [1.54, 1.807) is 0 Å². The summed E-state index contributed by atoms with van der Waals surface area (Å²) in [6.45, 7) is 0.499. The Labute approximate surface area is 140 Å². The van der Waals surface area contributed by atoms with Crippen LogP contribution in [0.3, 0.4) is 0 Å². The van der Waals surface area contributed by atoms with Crippen molar-refractivity contribution in [3.8, 4) is 17.1 Å². The van der Waals surface area contributed by atoms with Gasteiger partial charge in [-0.3, -0.25) is 10.1 Å². The van der Waals surface area contributed by atoms with Crippen LogP contribution in [0.5, 0.6) is 5.88 Å². The van der Waals surface area contributed by atoms with Gasteiger partial charge in [-0.2, -0.15) is 0 Å². The normalized spacial score (nSPS) is 13.8. The summed E-state index contributed by atoms with van der Waals surface area (Å²) in [5, 5.41) is 11.2. The van der Waals surface area contributed by atoms with Crippen molar-refractivity contribution < 1.29 is 14.1 Å². The van der Waals surface area contributed by atoms with Crippen LogP contribution in [0.25, 0.3) is 11.3 Å². The number of pyridine rings is 2. The predicted octanol–water partition coefficient (Wildman–Crippen LogP) is 4.13. The lowest BCUT2D eigenvalue weighted by Gasteiger charge is -2.08. The highest BCUT2D eigenvalue weighted by Gasteiger charge is 2.23. The summed E-state index contributed by atoms with van der Waals surface area (Å²) in [5.41, 5.74) is -0.334. The first-order chi connectivity index (χ1) is 11.0. The lowest BCUT2D eigenvalue weighted by molar-refractivity contribution is -0.384. The zero-order valence-corrected chi connectivity index (χ0v) is 13.6. The summed E-state index contributed by atoms with van der Waals surface area (Å²) >= 11 is 3.13. The Bertz CT molecular complexity index is 753. The van der Waals surface area contributed by atoms with Gasteiger partial charge in [0.15, 0.2) is 11.5 Å². The molecular weight excluding hydrogens is 369 g/mol. The molecular formula is C15H13BrFN3O3. The van der Waals surface area contributed by atoms with Gasteiger partial charge in [-0.1, -0.05) is 12.8 Å². The van der Waals surface area contributed by atoms with Crippen LogP contribution in [0.1, 0.15) is 19.3 Å². The van der Waals surface area contributed by atoms with E-state index in [9.17, 15) is 14.5 Å². The highest BCUT2D eigenvalue weighted by atomic mass is 79.9. The van der Waals surface area contributed by atoms with Crippen LogP contribution in [0.4, 0.5) is 10.1 Å². The third kappa shape index (κ3) is 3.82. The fourth-order valence-corrected chi connectivity index (χ4v) is 2.51. The second-order valence-electron chi connectivity index (χ2n) is 5.36. The summed E-state index contributed by atoms with van der Waals surface area (Å²) < 4.78 is 20.0. The fraction of sp³-hybridized carbons (Fsp3) is 0.333. The summed E-state index contributed by atoms with van der Waals surface area (Å²) in [6, 6.07) is 2.64. The van der Waals surface area contributed by atoms with Gasteiger partial charge in [0.05, 0.1) is 17.7 Å². The van der Waals surface area contributed by atoms with Crippen molar-refractivity contribution in [2.24, 2.45) is 5.92 Å². The molecule has 2 aromatic heterocycles. The van der Waals surface area contributed by atoms with Crippen LogP contribution >= 0.6 is 15.9 Å². The van der Waals surface area contributed by atoms with Crippen molar-refractivity contribution in [2.45, 2.75) is 19.3 Å². The van der Waals surface area contributed by atoms with Crippen molar-refractivity contribution in [3.63, 3.8) is 0 Å². The van der Waals surface area contributed by atoms with E-state index in [1.807, 2.05) is 0 Å². The van der Waals surface area contributed by atoms with E-state index < -0.39 is 10.7 Å². The van der Waals surface area contributed by atoms with Crippen LogP contribution in [-0.4, -0.2) is 21.5 Å². The maximum atomic E-state index is 14.1. The van der Waals surface area contributed by atoms with Gasteiger partial charge in [-0.05, 0) is 28.3 Å². The zero-order chi connectivity index (χ0) is 16.4. The van der Waals surface area contributed by atoms with Crippen molar-refractivity contribution in [1.82, 2.24) is 9.97 Å². The molecule has 1 saturated carbocycles. The molecule has 0 aromatic carbocycles. The quantitative estimate of drug-likeness (QED) is 0.555. The summed E-state index contributed by atoms with van der Waals surface area (Å²) in [7, 11) is 0. The largest absolute Gasteiger partial charge is 0.478 e. The minimum atomic E-state index is -0.683. The minimum absolute atomic E-state index is 0.000576. The lowest BCUT2D eigenvalue weighted by atomic mass is 10.1. The summed E-state index contributed by atoms with van der Waals surface area (Å²) in [6.07, 6.45) is 5.76. The third-order valence-corrected chi connectivity index (χ3v) is 4.02. The van der Waals surface area contributed by atoms with Crippen molar-refractivity contribution in [1.29, 1.82) is 0 Å². The Kier molecular flexibility index (Phi) is 4.51. The highest BCUT2D eigenvalue weighted by molar-refractivity contribution is 9.10. The van der Waals surface area contributed by atoms with Gasteiger partial charge in [0.1, 0.15) is 0 Å². The molecule has 8 heteroatoms. The summed E-state index contributed by atoms with van der Waals surface area (Å²) in [4.78, 5) is 18.4. The van der Waals surface area contributed by atoms with Gasteiger partial charge in [-0.15, -0.1) is 0 Å². The molecule has 0 radical (unpaired) electrons. The predicted molar refractivity (Wildman–Crippen MR) is 84.6 cm³/mol. The number of nitrogens with zero attached hydrogens (tertiary/aromatic N) is 3. The van der Waals surface area contributed by atoms with Crippen molar-refractivity contribution in [3.05, 3.63) is 44.9 Å². The van der Waals surface area contributed by atoms with Gasteiger partial charge in [0.25, 0.3) is 5.69 Å². The average Bonchev–Trinajstić information content (AvgIpc) is 3.33. The van der Waals surface area contributed by atoms with Crippen LogP contribution in [0.15, 0.2) is 29.0 Å². The Morgan fingerprint density at radius 1 is 1.35 bits per heavy atom. The van der Waals surface area contributed by atoms with Gasteiger partial charge in [0, 0.05) is 28.4 Å². The Morgan fingerprint density at radius 2 is 2.13 bits per heavy atom. The first kappa shape index (κ1) is 15.8. The van der Waals surface area contributed by atoms with Gasteiger partial charge >= 0.3 is 0 Å². The van der Waals surface area contributed by atoms with E-state index in [0.717, 1.165) is 12.6 Å². The zero-order valence-electron chi connectivity index (χ0n) is 12.0. The van der Waals surface area contributed by atoms with E-state index >= 15 is 0 Å². The highest BCUT2D eigenvalue weighted by Crippen LogP contribution is 2.34. The molecule has 6 nitrogen and oxygen atoms in total. The molecule has 0 spiro atoms. The van der Waals surface area contributed by atoms with Crippen LogP contribution in [0, 0.1) is 21.8 Å². The van der Waals surface area contributed by atoms with Gasteiger partial charge < -0.3 is 4.74 Å². The smallest absolute Gasteiger partial charge is 0.296 e. The summed E-state index contributed by atoms with van der Waals surface area (Å²) in [5.74, 6) is 0.266. The molecule has 0 amide bonds. The second kappa shape index (κ2) is 6.57. The van der Waals surface area contributed by atoms with Crippen LogP contribution < -0.4 is 4.74 Å². The molecule has 0 saturated heterocycles. The maximum Gasteiger partial charge on any atom is 0.296 e. The number of aromatic nitrogens is 2. The third-order valence-electron chi connectivity index (χ3n) is 3.59. The number of ether oxygens (including phenoxy) is 1. The van der Waals surface area contributed by atoms with Crippen molar-refractivity contribution >= 4 is 21.6 Å². The minimum Gasteiger partial charge on any atom is -0.478 e. The van der Waals surface area contributed by atoms with E-state index in [4.69, 9.17) is 4.74 Å². The van der Waals surface area contributed by atoms with Crippen LogP contribution in [-0.2, 0) is 0 Å². The molecule has 1 aliphatic carbocycles. The van der Waals surface area contributed by atoms with Gasteiger partial charge in [0.2, 0.25) is 5.88 Å². The molecule has 0 unspecified atom stereocenters. The maximum absolute atomic E-state index is 14.1. The first-order valence-electron chi connectivity index (χ1n) is 7.13. The number of hydrogen-bond donors (Lipinski definition) is 0. The number of hydrogen-bond acceptors (Lipinski definition) is 5. The molecule has 0 aliphatic heterocycles.